The van der Waals surface area contributed by atoms with Gasteiger partial charge in [-0.15, -0.1) is 0 Å². The maximum absolute atomic E-state index is 12.5. The van der Waals surface area contributed by atoms with Crippen LogP contribution in [0.5, 0.6) is 0 Å². The molecule has 0 radical (unpaired) electrons. The van der Waals surface area contributed by atoms with Crippen molar-refractivity contribution in [2.75, 3.05) is 84.5 Å². The monoisotopic (exact) mass is 433 g/mol. The number of guanidine groups is 1. The molecule has 2 saturated heterocycles. The molecule has 0 bridgehead atoms. The van der Waals surface area contributed by atoms with Crippen LogP contribution >= 0.6 is 0 Å². The van der Waals surface area contributed by atoms with Gasteiger partial charge in [0.1, 0.15) is 0 Å². The summed E-state index contributed by atoms with van der Waals surface area (Å²) < 4.78 is 37.4. The zero-order valence-electron chi connectivity index (χ0n) is 18.3. The van der Waals surface area contributed by atoms with Gasteiger partial charge >= 0.3 is 0 Å². The quantitative estimate of drug-likeness (QED) is 0.296. The second-order valence-corrected chi connectivity index (χ2v) is 9.75. The van der Waals surface area contributed by atoms with Crippen LogP contribution in [-0.2, 0) is 19.5 Å². The van der Waals surface area contributed by atoms with E-state index in [9.17, 15) is 8.42 Å². The van der Waals surface area contributed by atoms with Gasteiger partial charge in [0.2, 0.25) is 10.0 Å². The minimum Gasteiger partial charge on any atom is -0.379 e. The Bertz CT molecular complexity index is 585. The van der Waals surface area contributed by atoms with Gasteiger partial charge in [-0.2, -0.15) is 4.31 Å². The predicted molar refractivity (Wildman–Crippen MR) is 116 cm³/mol. The number of nitrogens with zero attached hydrogens (tertiary/aromatic N) is 4. The van der Waals surface area contributed by atoms with Crippen LogP contribution < -0.4 is 5.32 Å². The molecule has 10 heteroatoms. The second-order valence-electron chi connectivity index (χ2n) is 7.66. The minimum atomic E-state index is -3.27. The highest BCUT2D eigenvalue weighted by Crippen LogP contribution is 2.09. The van der Waals surface area contributed by atoms with Gasteiger partial charge in [0.05, 0.1) is 31.7 Å². The molecule has 0 aliphatic carbocycles. The fraction of sp³-hybridized carbons (Fsp3) is 0.947. The average Bonchev–Trinajstić information content (AvgIpc) is 2.71. The van der Waals surface area contributed by atoms with E-state index in [1.54, 1.807) is 4.31 Å². The molecule has 1 N–H and O–H groups in total. The number of piperazine rings is 1. The molecule has 0 aromatic heterocycles. The first-order valence-electron chi connectivity index (χ1n) is 10.8. The lowest BCUT2D eigenvalue weighted by atomic mass is 10.3. The SMILES string of the molecule is CCNC(=NCCCN1CCOCC1)N1CCN(S(=O)(=O)CCOC(C)C)CC1. The number of hydrogen-bond donors (Lipinski definition) is 1. The van der Waals surface area contributed by atoms with Gasteiger partial charge in [0, 0.05) is 58.9 Å². The topological polar surface area (TPSA) is 86.7 Å². The van der Waals surface area contributed by atoms with E-state index in [1.807, 2.05) is 13.8 Å². The number of aliphatic imine (C=N–C) groups is 1. The van der Waals surface area contributed by atoms with E-state index in [4.69, 9.17) is 14.5 Å². The Morgan fingerprint density at radius 2 is 1.83 bits per heavy atom. The summed E-state index contributed by atoms with van der Waals surface area (Å²) in [6.45, 7) is 14.7. The molecule has 2 fully saturated rings. The molecule has 9 nitrogen and oxygen atoms in total. The largest absolute Gasteiger partial charge is 0.379 e. The van der Waals surface area contributed by atoms with Gasteiger partial charge in [-0.25, -0.2) is 8.42 Å². The molecule has 0 aromatic rings. The summed E-state index contributed by atoms with van der Waals surface area (Å²) >= 11 is 0. The third-order valence-electron chi connectivity index (χ3n) is 5.06. The van der Waals surface area contributed by atoms with Crippen LogP contribution in [0, 0.1) is 0 Å². The van der Waals surface area contributed by atoms with Crippen molar-refractivity contribution in [2.24, 2.45) is 4.99 Å². The van der Waals surface area contributed by atoms with E-state index in [2.05, 4.69) is 22.0 Å². The lowest BCUT2D eigenvalue weighted by molar-refractivity contribution is 0.0377. The van der Waals surface area contributed by atoms with Crippen LogP contribution in [0.3, 0.4) is 0 Å². The molecule has 0 atom stereocenters. The van der Waals surface area contributed by atoms with Crippen LogP contribution in [0.25, 0.3) is 0 Å². The Hall–Kier alpha value is -0.940. The van der Waals surface area contributed by atoms with Gasteiger partial charge in [-0.3, -0.25) is 9.89 Å². The van der Waals surface area contributed by atoms with E-state index >= 15 is 0 Å². The van der Waals surface area contributed by atoms with Gasteiger partial charge in [0.15, 0.2) is 5.96 Å². The summed E-state index contributed by atoms with van der Waals surface area (Å²) in [5.41, 5.74) is 0. The van der Waals surface area contributed by atoms with Crippen LogP contribution in [-0.4, -0.2) is 119 Å². The zero-order chi connectivity index (χ0) is 21.1. The van der Waals surface area contributed by atoms with E-state index in [-0.39, 0.29) is 18.5 Å². The molecular weight excluding hydrogens is 394 g/mol. The Kier molecular flexibility index (Phi) is 10.6. The van der Waals surface area contributed by atoms with Crippen molar-refractivity contribution >= 4 is 16.0 Å². The van der Waals surface area contributed by atoms with E-state index < -0.39 is 10.0 Å². The molecule has 0 aromatic carbocycles. The number of ether oxygens (including phenoxy) is 2. The molecule has 29 heavy (non-hydrogen) atoms. The molecule has 170 valence electrons. The Morgan fingerprint density at radius 3 is 2.45 bits per heavy atom. The molecule has 0 saturated carbocycles. The van der Waals surface area contributed by atoms with Crippen molar-refractivity contribution in [3.63, 3.8) is 0 Å². The molecule has 2 heterocycles. The molecule has 2 rings (SSSR count). The van der Waals surface area contributed by atoms with Crippen molar-refractivity contribution < 1.29 is 17.9 Å². The van der Waals surface area contributed by atoms with Gasteiger partial charge in [-0.1, -0.05) is 0 Å². The smallest absolute Gasteiger partial charge is 0.216 e. The highest BCUT2D eigenvalue weighted by Gasteiger charge is 2.28. The third kappa shape index (κ3) is 8.75. The predicted octanol–water partition coefficient (Wildman–Crippen LogP) is 0.0466. The summed E-state index contributed by atoms with van der Waals surface area (Å²) in [6, 6.07) is 0. The van der Waals surface area contributed by atoms with Gasteiger partial charge < -0.3 is 19.7 Å². The summed E-state index contributed by atoms with van der Waals surface area (Å²) in [4.78, 5) is 9.34. The normalized spacial score (nSPS) is 20.4. The molecule has 2 aliphatic rings. The Balaban J connectivity index is 1.77. The van der Waals surface area contributed by atoms with Crippen molar-refractivity contribution in [1.29, 1.82) is 0 Å². The minimum absolute atomic E-state index is 0.0425. The van der Waals surface area contributed by atoms with E-state index in [0.717, 1.165) is 58.3 Å². The van der Waals surface area contributed by atoms with Gasteiger partial charge in [0.25, 0.3) is 0 Å². The Labute approximate surface area is 176 Å². The highest BCUT2D eigenvalue weighted by molar-refractivity contribution is 7.89. The lowest BCUT2D eigenvalue weighted by Gasteiger charge is -2.36. The fourth-order valence-electron chi connectivity index (χ4n) is 3.43. The average molecular weight is 434 g/mol. The maximum Gasteiger partial charge on any atom is 0.216 e. The standard InChI is InChI=1S/C19H39N5O4S/c1-4-20-19(21-6-5-7-22-12-14-27-15-13-22)23-8-10-24(11-9-23)29(25,26)17-16-28-18(2)3/h18H,4-17H2,1-3H3,(H,20,21). The molecule has 0 spiro atoms. The maximum atomic E-state index is 12.5. The number of nitrogens with one attached hydrogen (secondary N) is 1. The van der Waals surface area contributed by atoms with Crippen molar-refractivity contribution in [3.8, 4) is 0 Å². The van der Waals surface area contributed by atoms with Crippen LogP contribution in [0.4, 0.5) is 0 Å². The molecule has 2 aliphatic heterocycles. The number of sulfonamides is 1. The summed E-state index contributed by atoms with van der Waals surface area (Å²) in [5, 5.41) is 3.35. The number of rotatable bonds is 10. The van der Waals surface area contributed by atoms with E-state index in [0.29, 0.717) is 26.2 Å². The molecular formula is C19H39N5O4S. The van der Waals surface area contributed by atoms with Crippen LogP contribution in [0.2, 0.25) is 0 Å². The number of hydrogen-bond acceptors (Lipinski definition) is 6. The van der Waals surface area contributed by atoms with Crippen molar-refractivity contribution in [1.82, 2.24) is 19.4 Å². The van der Waals surface area contributed by atoms with Crippen LogP contribution in [0.15, 0.2) is 4.99 Å². The lowest BCUT2D eigenvalue weighted by Crippen LogP contribution is -2.54. The zero-order valence-corrected chi connectivity index (χ0v) is 19.1. The highest BCUT2D eigenvalue weighted by atomic mass is 32.2. The first-order valence-corrected chi connectivity index (χ1v) is 12.5. The summed E-state index contributed by atoms with van der Waals surface area (Å²) in [7, 11) is -3.27. The molecule has 0 unspecified atom stereocenters. The molecule has 0 amide bonds. The van der Waals surface area contributed by atoms with E-state index in [1.165, 1.54) is 0 Å². The summed E-state index contributed by atoms with van der Waals surface area (Å²) in [5.74, 6) is 0.926. The van der Waals surface area contributed by atoms with Crippen molar-refractivity contribution in [3.05, 3.63) is 0 Å². The fourth-order valence-corrected chi connectivity index (χ4v) is 4.71. The third-order valence-corrected chi connectivity index (χ3v) is 6.89. The number of morpholine rings is 1. The van der Waals surface area contributed by atoms with Crippen LogP contribution in [0.1, 0.15) is 27.2 Å². The Morgan fingerprint density at radius 1 is 1.14 bits per heavy atom. The van der Waals surface area contributed by atoms with Gasteiger partial charge in [-0.05, 0) is 27.2 Å². The summed E-state index contributed by atoms with van der Waals surface area (Å²) in [6.07, 6.45) is 1.06. The second kappa shape index (κ2) is 12.7. The first kappa shape index (κ1) is 24.3. The van der Waals surface area contributed by atoms with Crippen molar-refractivity contribution in [2.45, 2.75) is 33.3 Å². The first-order chi connectivity index (χ1) is 13.9.